The second kappa shape index (κ2) is 6.68. The number of likely N-dealkylation sites (N-methyl/N-ethyl adjacent to an activating group) is 1. The molecule has 0 unspecified atom stereocenters. The van der Waals surface area contributed by atoms with Crippen LogP contribution in [-0.4, -0.2) is 42.5 Å². The first kappa shape index (κ1) is 14.1. The highest BCUT2D eigenvalue weighted by atomic mass is 16.5. The molecule has 1 rings (SSSR count). The molecular formula is C12H20N4O2. The second-order valence-electron chi connectivity index (χ2n) is 3.71. The van der Waals surface area contributed by atoms with Crippen molar-refractivity contribution in [2.24, 2.45) is 0 Å². The Kier molecular flexibility index (Phi) is 5.23. The van der Waals surface area contributed by atoms with Crippen molar-refractivity contribution in [1.29, 1.82) is 0 Å². The van der Waals surface area contributed by atoms with E-state index in [0.29, 0.717) is 30.5 Å². The molecule has 0 spiro atoms. The number of aromatic nitrogens is 1. The average molecular weight is 252 g/mol. The lowest BCUT2D eigenvalue weighted by molar-refractivity contribution is -0.128. The molecule has 1 amide bonds. The Bertz CT molecular complexity index is 405. The fourth-order valence-electron chi connectivity index (χ4n) is 1.57. The Morgan fingerprint density at radius 2 is 2.11 bits per heavy atom. The largest absolute Gasteiger partial charge is 0.479 e. The van der Waals surface area contributed by atoms with E-state index in [0.717, 1.165) is 0 Å². The number of nitrogens with one attached hydrogen (secondary N) is 1. The van der Waals surface area contributed by atoms with Gasteiger partial charge in [-0.2, -0.15) is 4.98 Å². The molecule has 0 aliphatic rings. The molecule has 0 fully saturated rings. The van der Waals surface area contributed by atoms with E-state index in [-0.39, 0.29) is 12.5 Å². The second-order valence-corrected chi connectivity index (χ2v) is 3.71. The Balaban J connectivity index is 2.61. The van der Waals surface area contributed by atoms with Gasteiger partial charge in [-0.15, -0.1) is 0 Å². The average Bonchev–Trinajstić information content (AvgIpc) is 2.39. The Labute approximate surface area is 107 Å². The van der Waals surface area contributed by atoms with Crippen LogP contribution in [0.5, 0.6) is 5.88 Å². The zero-order chi connectivity index (χ0) is 13.5. The van der Waals surface area contributed by atoms with E-state index in [9.17, 15) is 4.79 Å². The van der Waals surface area contributed by atoms with Crippen LogP contribution in [0.25, 0.3) is 0 Å². The topological polar surface area (TPSA) is 80.5 Å². The van der Waals surface area contributed by atoms with Crippen LogP contribution in [0, 0.1) is 0 Å². The van der Waals surface area contributed by atoms with E-state index < -0.39 is 0 Å². The first-order valence-electron chi connectivity index (χ1n) is 5.94. The molecular weight excluding hydrogens is 232 g/mol. The maximum Gasteiger partial charge on any atom is 0.241 e. The maximum atomic E-state index is 11.8. The summed E-state index contributed by atoms with van der Waals surface area (Å²) in [7, 11) is 1.50. The van der Waals surface area contributed by atoms with Gasteiger partial charge in [-0.25, -0.2) is 0 Å². The number of nitrogen functional groups attached to an aromatic ring is 1. The highest BCUT2D eigenvalue weighted by Crippen LogP contribution is 2.19. The molecule has 6 heteroatoms. The zero-order valence-corrected chi connectivity index (χ0v) is 11.1. The molecule has 0 aliphatic carbocycles. The molecule has 0 saturated carbocycles. The highest BCUT2D eigenvalue weighted by molar-refractivity contribution is 5.80. The van der Waals surface area contributed by atoms with Gasteiger partial charge in [0.15, 0.2) is 0 Å². The quantitative estimate of drug-likeness (QED) is 0.788. The smallest absolute Gasteiger partial charge is 0.241 e. The van der Waals surface area contributed by atoms with E-state index in [4.69, 9.17) is 10.5 Å². The van der Waals surface area contributed by atoms with Gasteiger partial charge in [0.05, 0.1) is 19.3 Å². The Hall–Kier alpha value is -1.98. The summed E-state index contributed by atoms with van der Waals surface area (Å²) in [6, 6.07) is 3.41. The number of nitrogens with zero attached hydrogens (tertiary/aromatic N) is 2. The molecule has 6 nitrogen and oxygen atoms in total. The molecule has 1 aromatic heterocycles. The van der Waals surface area contributed by atoms with Gasteiger partial charge in [-0.1, -0.05) is 0 Å². The first-order valence-corrected chi connectivity index (χ1v) is 5.94. The summed E-state index contributed by atoms with van der Waals surface area (Å²) in [4.78, 5) is 17.7. The number of carbonyl (C=O) groups excluding carboxylic acids is 1. The maximum absolute atomic E-state index is 11.8. The van der Waals surface area contributed by atoms with E-state index in [1.54, 1.807) is 17.0 Å². The van der Waals surface area contributed by atoms with E-state index in [2.05, 4.69) is 10.3 Å². The molecule has 3 N–H and O–H groups in total. The molecule has 0 bridgehead atoms. The van der Waals surface area contributed by atoms with Crippen molar-refractivity contribution in [3.8, 4) is 5.88 Å². The van der Waals surface area contributed by atoms with Crippen molar-refractivity contribution in [1.82, 2.24) is 9.88 Å². The van der Waals surface area contributed by atoms with Gasteiger partial charge in [0.1, 0.15) is 5.82 Å². The van der Waals surface area contributed by atoms with Gasteiger partial charge in [0.25, 0.3) is 0 Å². The summed E-state index contributed by atoms with van der Waals surface area (Å²) in [5.74, 6) is 0.967. The third-order valence-electron chi connectivity index (χ3n) is 2.62. The van der Waals surface area contributed by atoms with Crippen LogP contribution in [0.1, 0.15) is 13.8 Å². The fourth-order valence-corrected chi connectivity index (χ4v) is 1.57. The summed E-state index contributed by atoms with van der Waals surface area (Å²) in [5, 5.41) is 2.96. The van der Waals surface area contributed by atoms with Crippen LogP contribution in [0.3, 0.4) is 0 Å². The van der Waals surface area contributed by atoms with Crippen LogP contribution in [-0.2, 0) is 4.79 Å². The zero-order valence-electron chi connectivity index (χ0n) is 11.1. The number of rotatable bonds is 6. The van der Waals surface area contributed by atoms with Gasteiger partial charge in [0, 0.05) is 13.1 Å². The summed E-state index contributed by atoms with van der Waals surface area (Å²) < 4.78 is 5.01. The van der Waals surface area contributed by atoms with Crippen molar-refractivity contribution in [3.05, 3.63) is 12.1 Å². The lowest BCUT2D eigenvalue weighted by Crippen LogP contribution is -2.35. The third-order valence-corrected chi connectivity index (χ3v) is 2.62. The minimum absolute atomic E-state index is 0.0394. The molecule has 0 atom stereocenters. The lowest BCUT2D eigenvalue weighted by atomic mass is 10.4. The predicted molar refractivity (Wildman–Crippen MR) is 71.6 cm³/mol. The van der Waals surface area contributed by atoms with Crippen molar-refractivity contribution in [2.45, 2.75) is 13.8 Å². The molecule has 18 heavy (non-hydrogen) atoms. The first-order chi connectivity index (χ1) is 8.62. The van der Waals surface area contributed by atoms with Crippen LogP contribution >= 0.6 is 0 Å². The normalized spacial score (nSPS) is 9.94. The summed E-state index contributed by atoms with van der Waals surface area (Å²) in [6.45, 7) is 5.52. The Morgan fingerprint density at radius 1 is 1.44 bits per heavy atom. The minimum Gasteiger partial charge on any atom is -0.479 e. The number of anilines is 2. The van der Waals surface area contributed by atoms with Crippen molar-refractivity contribution >= 4 is 17.4 Å². The van der Waals surface area contributed by atoms with Crippen LogP contribution in [0.4, 0.5) is 11.5 Å². The van der Waals surface area contributed by atoms with Gasteiger partial charge < -0.3 is 20.7 Å². The third kappa shape index (κ3) is 3.51. The van der Waals surface area contributed by atoms with Gasteiger partial charge in [0.2, 0.25) is 11.8 Å². The Morgan fingerprint density at radius 3 is 2.67 bits per heavy atom. The van der Waals surface area contributed by atoms with Crippen molar-refractivity contribution in [3.63, 3.8) is 0 Å². The SMILES string of the molecule is CCN(CC)C(=O)CNc1ccc(N)c(OC)n1. The van der Waals surface area contributed by atoms with Crippen LogP contribution in [0.2, 0.25) is 0 Å². The summed E-state index contributed by atoms with van der Waals surface area (Å²) in [5.41, 5.74) is 6.13. The van der Waals surface area contributed by atoms with E-state index in [1.165, 1.54) is 7.11 Å². The number of carbonyl (C=O) groups is 1. The molecule has 1 heterocycles. The van der Waals surface area contributed by atoms with Gasteiger partial charge in [-0.3, -0.25) is 4.79 Å². The number of nitrogens with two attached hydrogens (primary N) is 1. The van der Waals surface area contributed by atoms with E-state index >= 15 is 0 Å². The summed E-state index contributed by atoms with van der Waals surface area (Å²) in [6.07, 6.45) is 0. The predicted octanol–water partition coefficient (Wildman–Crippen LogP) is 0.953. The van der Waals surface area contributed by atoms with Crippen LogP contribution < -0.4 is 15.8 Å². The monoisotopic (exact) mass is 252 g/mol. The number of pyridine rings is 1. The number of hydrogen-bond acceptors (Lipinski definition) is 5. The van der Waals surface area contributed by atoms with Gasteiger partial charge >= 0.3 is 0 Å². The number of amides is 1. The standard InChI is InChI=1S/C12H20N4O2/c1-4-16(5-2)11(17)8-14-10-7-6-9(13)12(15-10)18-3/h6-7H,4-5,8,13H2,1-3H3,(H,14,15). The van der Waals surface area contributed by atoms with Gasteiger partial charge in [-0.05, 0) is 26.0 Å². The number of methoxy groups -OCH3 is 1. The van der Waals surface area contributed by atoms with Crippen molar-refractivity contribution in [2.75, 3.05) is 37.8 Å². The molecule has 100 valence electrons. The molecule has 0 aliphatic heterocycles. The molecule has 0 aromatic carbocycles. The van der Waals surface area contributed by atoms with Crippen LogP contribution in [0.15, 0.2) is 12.1 Å². The van der Waals surface area contributed by atoms with E-state index in [1.807, 2.05) is 13.8 Å². The minimum atomic E-state index is 0.0394. The molecule has 0 saturated heterocycles. The highest BCUT2D eigenvalue weighted by Gasteiger charge is 2.09. The number of hydrogen-bond donors (Lipinski definition) is 2. The van der Waals surface area contributed by atoms with Crippen molar-refractivity contribution < 1.29 is 9.53 Å². The molecule has 1 aromatic rings. The molecule has 0 radical (unpaired) electrons. The number of ether oxygens (including phenoxy) is 1. The fraction of sp³-hybridized carbons (Fsp3) is 0.500. The summed E-state index contributed by atoms with van der Waals surface area (Å²) >= 11 is 0. The lowest BCUT2D eigenvalue weighted by Gasteiger charge is -2.19.